The van der Waals surface area contributed by atoms with Gasteiger partial charge in [-0.05, 0) is 19.9 Å². The number of hydrogen-bond donors (Lipinski definition) is 2. The van der Waals surface area contributed by atoms with E-state index in [4.69, 9.17) is 0 Å². The summed E-state index contributed by atoms with van der Waals surface area (Å²) in [4.78, 5) is 28.1. The fraction of sp³-hybridized carbons (Fsp3) is 0.267. The Kier molecular flexibility index (Phi) is 4.22. The summed E-state index contributed by atoms with van der Waals surface area (Å²) in [6.07, 6.45) is -4.72. The second-order valence-electron chi connectivity index (χ2n) is 5.70. The van der Waals surface area contributed by atoms with Gasteiger partial charge in [0.2, 0.25) is 11.8 Å². The lowest BCUT2D eigenvalue weighted by atomic mass is 10.1. The maximum Gasteiger partial charge on any atom is 0.451 e. The van der Waals surface area contributed by atoms with E-state index in [9.17, 15) is 22.8 Å². The molecule has 0 spiro atoms. The molecule has 8 nitrogen and oxygen atoms in total. The number of benzene rings is 1. The van der Waals surface area contributed by atoms with Crippen LogP contribution in [-0.4, -0.2) is 30.9 Å². The number of H-pyrrole nitrogens is 1. The van der Waals surface area contributed by atoms with Crippen LogP contribution in [0.4, 0.5) is 19.1 Å². The van der Waals surface area contributed by atoms with Crippen LogP contribution in [0.25, 0.3) is 10.8 Å². The van der Waals surface area contributed by atoms with Crippen molar-refractivity contribution in [2.24, 2.45) is 0 Å². The third-order valence-corrected chi connectivity index (χ3v) is 3.51. The number of nitrogens with zero attached hydrogens (tertiary/aromatic N) is 4. The monoisotopic (exact) mass is 366 g/mol. The van der Waals surface area contributed by atoms with Crippen LogP contribution in [0.1, 0.15) is 36.2 Å². The van der Waals surface area contributed by atoms with Crippen molar-refractivity contribution in [1.29, 1.82) is 0 Å². The summed E-state index contributed by atoms with van der Waals surface area (Å²) in [5.41, 5.74) is -0.489. The number of hydrogen-bond acceptors (Lipinski definition) is 5. The van der Waals surface area contributed by atoms with Crippen molar-refractivity contribution in [3.63, 3.8) is 0 Å². The van der Waals surface area contributed by atoms with Crippen molar-refractivity contribution in [2.75, 3.05) is 5.32 Å². The molecular weight excluding hydrogens is 353 g/mol. The molecule has 0 bridgehead atoms. The summed E-state index contributed by atoms with van der Waals surface area (Å²) in [7, 11) is 0. The molecule has 0 radical (unpaired) electrons. The Morgan fingerprint density at radius 3 is 2.46 bits per heavy atom. The van der Waals surface area contributed by atoms with Crippen molar-refractivity contribution in [1.82, 2.24) is 25.0 Å². The number of carbonyl (C=O) groups is 1. The first kappa shape index (κ1) is 17.6. The number of halogens is 3. The van der Waals surface area contributed by atoms with E-state index in [0.29, 0.717) is 0 Å². The summed E-state index contributed by atoms with van der Waals surface area (Å²) in [6.45, 7) is 3.44. The number of carbonyl (C=O) groups excluding carboxylic acids is 1. The highest BCUT2D eigenvalue weighted by atomic mass is 19.4. The van der Waals surface area contributed by atoms with Gasteiger partial charge in [0.25, 0.3) is 11.5 Å². The minimum absolute atomic E-state index is 0.118. The smallest absolute Gasteiger partial charge is 0.288 e. The van der Waals surface area contributed by atoms with E-state index in [1.807, 2.05) is 0 Å². The van der Waals surface area contributed by atoms with E-state index in [1.165, 1.54) is 6.07 Å². The van der Waals surface area contributed by atoms with E-state index in [1.54, 1.807) is 37.1 Å². The van der Waals surface area contributed by atoms with Crippen LogP contribution < -0.4 is 10.9 Å². The first-order valence-corrected chi connectivity index (χ1v) is 7.51. The minimum Gasteiger partial charge on any atom is -0.288 e. The van der Waals surface area contributed by atoms with Crippen LogP contribution in [0.3, 0.4) is 0 Å². The molecule has 2 aromatic heterocycles. The number of nitrogens with one attached hydrogen (secondary N) is 2. The van der Waals surface area contributed by atoms with Crippen LogP contribution in [0, 0.1) is 0 Å². The lowest BCUT2D eigenvalue weighted by Crippen LogP contribution is -2.29. The predicted octanol–water partition coefficient (Wildman–Crippen LogP) is 2.37. The Morgan fingerprint density at radius 2 is 1.88 bits per heavy atom. The van der Waals surface area contributed by atoms with Crippen LogP contribution in [0.2, 0.25) is 0 Å². The Balaban J connectivity index is 2.04. The third kappa shape index (κ3) is 3.15. The van der Waals surface area contributed by atoms with Gasteiger partial charge in [0.1, 0.15) is 0 Å². The molecule has 0 saturated heterocycles. The number of aromatic amines is 1. The van der Waals surface area contributed by atoms with Crippen molar-refractivity contribution in [2.45, 2.75) is 26.1 Å². The average Bonchev–Trinajstić information content (AvgIpc) is 3.03. The maximum atomic E-state index is 12.6. The highest BCUT2D eigenvalue weighted by Gasteiger charge is 2.35. The summed E-state index contributed by atoms with van der Waals surface area (Å²) >= 11 is 0. The predicted molar refractivity (Wildman–Crippen MR) is 85.7 cm³/mol. The molecule has 2 heterocycles. The molecule has 1 amide bonds. The molecule has 0 unspecified atom stereocenters. The molecule has 0 atom stereocenters. The zero-order chi connectivity index (χ0) is 19.1. The number of alkyl halides is 3. The molecule has 3 rings (SSSR count). The van der Waals surface area contributed by atoms with Crippen LogP contribution in [-0.2, 0) is 6.18 Å². The zero-order valence-corrected chi connectivity index (χ0v) is 13.6. The van der Waals surface area contributed by atoms with Crippen molar-refractivity contribution in [3.8, 4) is 0 Å². The van der Waals surface area contributed by atoms with E-state index >= 15 is 0 Å². The molecule has 26 heavy (non-hydrogen) atoms. The first-order valence-electron chi connectivity index (χ1n) is 7.51. The van der Waals surface area contributed by atoms with Crippen LogP contribution >= 0.6 is 0 Å². The van der Waals surface area contributed by atoms with Crippen molar-refractivity contribution < 1.29 is 18.0 Å². The van der Waals surface area contributed by atoms with Gasteiger partial charge in [0, 0.05) is 5.39 Å². The van der Waals surface area contributed by atoms with Gasteiger partial charge in [-0.25, -0.2) is 4.68 Å². The van der Waals surface area contributed by atoms with Crippen LogP contribution in [0.15, 0.2) is 29.1 Å². The lowest BCUT2D eigenvalue weighted by molar-refractivity contribution is -0.144. The summed E-state index contributed by atoms with van der Waals surface area (Å²) in [6, 6.07) is 6.01. The quantitative estimate of drug-likeness (QED) is 0.740. The molecule has 136 valence electrons. The lowest BCUT2D eigenvalue weighted by Gasteiger charge is -2.12. The minimum atomic E-state index is -4.72. The fourth-order valence-electron chi connectivity index (χ4n) is 2.33. The Morgan fingerprint density at radius 1 is 1.23 bits per heavy atom. The van der Waals surface area contributed by atoms with Gasteiger partial charge in [-0.3, -0.25) is 20.0 Å². The number of aromatic nitrogens is 5. The molecule has 1 aromatic carbocycles. The Bertz CT molecular complexity index is 1040. The number of rotatable bonds is 3. The van der Waals surface area contributed by atoms with Gasteiger partial charge in [-0.2, -0.15) is 23.3 Å². The van der Waals surface area contributed by atoms with E-state index < -0.39 is 23.9 Å². The first-order chi connectivity index (χ1) is 12.2. The molecule has 0 aliphatic carbocycles. The standard InChI is InChI=1S/C15H13F3N6O2/c1-7(2)24-12(26)9-6-4-3-5-8(9)10(23-24)11(25)19-14-20-13(21-22-14)15(16,17)18/h3-7H,1-2H3,(H2,19,20,21,22,25). The summed E-state index contributed by atoms with van der Waals surface area (Å²) < 4.78 is 38.8. The summed E-state index contributed by atoms with van der Waals surface area (Å²) in [5.74, 6) is -2.71. The normalized spacial score (nSPS) is 11.9. The second kappa shape index (κ2) is 6.24. The van der Waals surface area contributed by atoms with Gasteiger partial charge < -0.3 is 0 Å². The van der Waals surface area contributed by atoms with Crippen molar-refractivity contribution in [3.05, 3.63) is 46.1 Å². The van der Waals surface area contributed by atoms with E-state index in [-0.39, 0.29) is 28.1 Å². The fourth-order valence-corrected chi connectivity index (χ4v) is 2.33. The Labute approximate surface area is 144 Å². The number of amides is 1. The van der Waals surface area contributed by atoms with Gasteiger partial charge in [-0.1, -0.05) is 18.2 Å². The van der Waals surface area contributed by atoms with E-state index in [2.05, 4.69) is 20.5 Å². The largest absolute Gasteiger partial charge is 0.451 e. The molecule has 2 N–H and O–H groups in total. The molecule has 0 saturated carbocycles. The van der Waals surface area contributed by atoms with Gasteiger partial charge in [0.05, 0.1) is 11.4 Å². The topological polar surface area (TPSA) is 106 Å². The van der Waals surface area contributed by atoms with Crippen molar-refractivity contribution >= 4 is 22.6 Å². The molecule has 0 fully saturated rings. The third-order valence-electron chi connectivity index (χ3n) is 3.51. The molecule has 0 aliphatic rings. The number of anilines is 1. The number of fused-ring (bicyclic) bond motifs is 1. The van der Waals surface area contributed by atoms with Gasteiger partial charge in [-0.15, -0.1) is 5.10 Å². The zero-order valence-electron chi connectivity index (χ0n) is 13.6. The molecule has 0 aliphatic heterocycles. The van der Waals surface area contributed by atoms with E-state index in [0.717, 1.165) is 4.68 Å². The molecule has 3 aromatic rings. The highest BCUT2D eigenvalue weighted by Crippen LogP contribution is 2.26. The highest BCUT2D eigenvalue weighted by molar-refractivity contribution is 6.10. The average molecular weight is 366 g/mol. The SMILES string of the molecule is CC(C)n1nc(C(=O)Nc2n[nH]c(C(F)(F)F)n2)c2ccccc2c1=O. The summed E-state index contributed by atoms with van der Waals surface area (Å²) in [5, 5.41) is 11.8. The van der Waals surface area contributed by atoms with Gasteiger partial charge in [0.15, 0.2) is 5.69 Å². The van der Waals surface area contributed by atoms with Gasteiger partial charge >= 0.3 is 6.18 Å². The maximum absolute atomic E-state index is 12.6. The van der Waals surface area contributed by atoms with Crippen LogP contribution in [0.5, 0.6) is 0 Å². The Hall–Kier alpha value is -3.24. The molecular formula is C15H13F3N6O2. The molecule has 11 heteroatoms. The second-order valence-corrected chi connectivity index (χ2v) is 5.70.